The topological polar surface area (TPSA) is 54.3 Å². The zero-order valence-electron chi connectivity index (χ0n) is 11.5. The molecule has 0 spiro atoms. The van der Waals surface area contributed by atoms with Crippen LogP contribution in [0, 0.1) is 0 Å². The Morgan fingerprint density at radius 1 is 1.38 bits per heavy atom. The third kappa shape index (κ3) is 3.02. The molecule has 1 aromatic heterocycles. The van der Waals surface area contributed by atoms with Gasteiger partial charge in [0.1, 0.15) is 5.69 Å². The van der Waals surface area contributed by atoms with Crippen molar-refractivity contribution in [2.75, 3.05) is 6.61 Å². The number of fused-ring (bicyclic) bond motifs is 1. The summed E-state index contributed by atoms with van der Waals surface area (Å²) in [5, 5.41) is 11.8. The van der Waals surface area contributed by atoms with Crippen LogP contribution in [0.3, 0.4) is 0 Å². The summed E-state index contributed by atoms with van der Waals surface area (Å²) >= 11 is 0. The lowest BCUT2D eigenvalue weighted by molar-refractivity contribution is -0.137. The molecule has 1 aromatic carbocycles. The number of halogens is 3. The fourth-order valence-corrected chi connectivity index (χ4v) is 2.09. The molecule has 0 aliphatic rings. The van der Waals surface area contributed by atoms with Crippen LogP contribution in [-0.2, 0) is 13.2 Å². The number of hydrogen-bond acceptors (Lipinski definition) is 2. The van der Waals surface area contributed by atoms with Crippen LogP contribution in [0.1, 0.15) is 23.0 Å². The van der Waals surface area contributed by atoms with Crippen LogP contribution in [-0.4, -0.2) is 28.2 Å². The minimum absolute atomic E-state index is 0.214. The van der Waals surface area contributed by atoms with Gasteiger partial charge in [-0.05, 0) is 31.2 Å². The van der Waals surface area contributed by atoms with Crippen molar-refractivity contribution in [1.82, 2.24) is 9.88 Å². The zero-order chi connectivity index (χ0) is 15.8. The third-order valence-electron chi connectivity index (χ3n) is 3.25. The van der Waals surface area contributed by atoms with E-state index in [9.17, 15) is 18.0 Å². The minimum Gasteiger partial charge on any atom is -0.394 e. The van der Waals surface area contributed by atoms with Crippen molar-refractivity contribution < 1.29 is 23.1 Å². The van der Waals surface area contributed by atoms with Gasteiger partial charge in [0.15, 0.2) is 0 Å². The molecule has 1 unspecified atom stereocenters. The van der Waals surface area contributed by atoms with Crippen molar-refractivity contribution in [3.63, 3.8) is 0 Å². The van der Waals surface area contributed by atoms with Gasteiger partial charge in [0, 0.05) is 24.0 Å². The monoisotopic (exact) mass is 300 g/mol. The molecule has 1 atom stereocenters. The number of alkyl halides is 3. The number of nitrogens with zero attached hydrogens (tertiary/aromatic N) is 1. The van der Waals surface area contributed by atoms with Crippen molar-refractivity contribution in [3.8, 4) is 0 Å². The molecule has 114 valence electrons. The lowest BCUT2D eigenvalue weighted by Crippen LogP contribution is -2.35. The molecule has 1 heterocycles. The van der Waals surface area contributed by atoms with E-state index in [1.807, 2.05) is 0 Å². The molecular formula is C14H15F3N2O2. The molecule has 2 rings (SSSR count). The van der Waals surface area contributed by atoms with Crippen LogP contribution in [0.4, 0.5) is 13.2 Å². The summed E-state index contributed by atoms with van der Waals surface area (Å²) in [5.41, 5.74) is 0.0192. The summed E-state index contributed by atoms with van der Waals surface area (Å²) in [6.45, 7) is 1.41. The molecule has 0 aliphatic carbocycles. The number of aromatic nitrogens is 1. The van der Waals surface area contributed by atoms with E-state index in [4.69, 9.17) is 5.11 Å². The molecule has 1 amide bonds. The maximum absolute atomic E-state index is 12.7. The van der Waals surface area contributed by atoms with E-state index in [1.165, 1.54) is 16.7 Å². The summed E-state index contributed by atoms with van der Waals surface area (Å²) in [6.07, 6.45) is -4.42. The van der Waals surface area contributed by atoms with Crippen LogP contribution < -0.4 is 5.32 Å². The van der Waals surface area contributed by atoms with E-state index < -0.39 is 23.7 Å². The number of amides is 1. The van der Waals surface area contributed by atoms with Crippen molar-refractivity contribution in [3.05, 3.63) is 35.5 Å². The highest BCUT2D eigenvalue weighted by Crippen LogP contribution is 2.32. The molecule has 0 saturated carbocycles. The largest absolute Gasteiger partial charge is 0.416 e. The van der Waals surface area contributed by atoms with Gasteiger partial charge < -0.3 is 15.0 Å². The molecule has 0 fully saturated rings. The molecule has 0 aliphatic heterocycles. The van der Waals surface area contributed by atoms with Gasteiger partial charge in [-0.3, -0.25) is 4.79 Å². The highest BCUT2D eigenvalue weighted by Gasteiger charge is 2.30. The second-order valence-electron chi connectivity index (χ2n) is 4.92. The lowest BCUT2D eigenvalue weighted by atomic mass is 10.1. The van der Waals surface area contributed by atoms with E-state index in [0.29, 0.717) is 10.9 Å². The molecule has 0 radical (unpaired) electrons. The minimum atomic E-state index is -4.42. The Morgan fingerprint density at radius 2 is 2.05 bits per heavy atom. The van der Waals surface area contributed by atoms with Crippen molar-refractivity contribution >= 4 is 16.8 Å². The van der Waals surface area contributed by atoms with E-state index in [-0.39, 0.29) is 12.3 Å². The standard InChI is InChI=1S/C14H15F3N2O2/c1-8(7-20)18-13(21)12-6-9-5-10(14(15,16)17)3-4-11(9)19(12)2/h3-6,8,20H,7H2,1-2H3,(H,18,21). The summed E-state index contributed by atoms with van der Waals surface area (Å²) in [5.74, 6) is -0.441. The second-order valence-corrected chi connectivity index (χ2v) is 4.92. The molecular weight excluding hydrogens is 285 g/mol. The van der Waals surface area contributed by atoms with Gasteiger partial charge >= 0.3 is 6.18 Å². The van der Waals surface area contributed by atoms with Crippen LogP contribution in [0.5, 0.6) is 0 Å². The Balaban J connectivity index is 2.43. The fourth-order valence-electron chi connectivity index (χ4n) is 2.09. The zero-order valence-corrected chi connectivity index (χ0v) is 11.5. The number of aliphatic hydroxyl groups excluding tert-OH is 1. The van der Waals surface area contributed by atoms with Crippen LogP contribution >= 0.6 is 0 Å². The quantitative estimate of drug-likeness (QED) is 0.914. The number of nitrogens with one attached hydrogen (secondary N) is 1. The molecule has 0 bridgehead atoms. The van der Waals surface area contributed by atoms with Gasteiger partial charge in [0.25, 0.3) is 5.91 Å². The number of aliphatic hydroxyl groups is 1. The molecule has 21 heavy (non-hydrogen) atoms. The Kier molecular flexibility index (Phi) is 3.95. The summed E-state index contributed by atoms with van der Waals surface area (Å²) < 4.78 is 39.6. The highest BCUT2D eigenvalue weighted by molar-refractivity contribution is 5.99. The third-order valence-corrected chi connectivity index (χ3v) is 3.25. The fraction of sp³-hybridized carbons (Fsp3) is 0.357. The molecule has 4 nitrogen and oxygen atoms in total. The van der Waals surface area contributed by atoms with Gasteiger partial charge in [-0.2, -0.15) is 13.2 Å². The maximum atomic E-state index is 12.7. The Morgan fingerprint density at radius 3 is 2.62 bits per heavy atom. The molecule has 0 saturated heterocycles. The van der Waals surface area contributed by atoms with Crippen LogP contribution in [0.2, 0.25) is 0 Å². The second kappa shape index (κ2) is 5.40. The number of aryl methyl sites for hydroxylation is 1. The van der Waals surface area contributed by atoms with E-state index in [1.54, 1.807) is 14.0 Å². The van der Waals surface area contributed by atoms with Crippen LogP contribution in [0.25, 0.3) is 10.9 Å². The first-order valence-corrected chi connectivity index (χ1v) is 6.32. The Bertz CT molecular complexity index is 677. The van der Waals surface area contributed by atoms with Crippen molar-refractivity contribution in [1.29, 1.82) is 0 Å². The Labute approximate surface area is 119 Å². The number of rotatable bonds is 3. The smallest absolute Gasteiger partial charge is 0.394 e. The predicted molar refractivity (Wildman–Crippen MR) is 71.9 cm³/mol. The first-order valence-electron chi connectivity index (χ1n) is 6.32. The van der Waals surface area contributed by atoms with E-state index >= 15 is 0 Å². The molecule has 2 N–H and O–H groups in total. The van der Waals surface area contributed by atoms with Gasteiger partial charge in [-0.25, -0.2) is 0 Å². The van der Waals surface area contributed by atoms with Crippen molar-refractivity contribution in [2.24, 2.45) is 7.05 Å². The van der Waals surface area contributed by atoms with Gasteiger partial charge in [0.05, 0.1) is 12.2 Å². The highest BCUT2D eigenvalue weighted by atomic mass is 19.4. The summed E-state index contributed by atoms with van der Waals surface area (Å²) in [6, 6.07) is 4.32. The number of hydrogen-bond donors (Lipinski definition) is 2. The predicted octanol–water partition coefficient (Wildman–Crippen LogP) is 2.31. The number of carbonyl (C=O) groups is 1. The SMILES string of the molecule is CC(CO)NC(=O)c1cc2cc(C(F)(F)F)ccc2n1C. The molecule has 2 aromatic rings. The first kappa shape index (κ1) is 15.4. The van der Waals surface area contributed by atoms with Crippen LogP contribution in [0.15, 0.2) is 24.3 Å². The normalized spacial score (nSPS) is 13.4. The van der Waals surface area contributed by atoms with E-state index in [2.05, 4.69) is 5.32 Å². The average Bonchev–Trinajstić information content (AvgIpc) is 2.74. The van der Waals surface area contributed by atoms with E-state index in [0.717, 1.165) is 12.1 Å². The number of carbonyl (C=O) groups excluding carboxylic acids is 1. The lowest BCUT2D eigenvalue weighted by Gasteiger charge is -2.11. The van der Waals surface area contributed by atoms with Crippen molar-refractivity contribution in [2.45, 2.75) is 19.1 Å². The number of benzene rings is 1. The first-order chi connectivity index (χ1) is 9.74. The summed E-state index contributed by atoms with van der Waals surface area (Å²) in [7, 11) is 1.61. The maximum Gasteiger partial charge on any atom is 0.416 e. The van der Waals surface area contributed by atoms with Gasteiger partial charge in [-0.1, -0.05) is 0 Å². The Hall–Kier alpha value is -2.02. The van der Waals surface area contributed by atoms with Gasteiger partial charge in [-0.15, -0.1) is 0 Å². The molecule has 7 heteroatoms. The summed E-state index contributed by atoms with van der Waals surface area (Å²) in [4.78, 5) is 12.0. The average molecular weight is 300 g/mol. The van der Waals surface area contributed by atoms with Gasteiger partial charge in [0.2, 0.25) is 0 Å².